The minimum Gasteiger partial charge on any atom is -0.393 e. The molecule has 0 saturated heterocycles. The van der Waals surface area contributed by atoms with E-state index in [1.54, 1.807) is 0 Å². The van der Waals surface area contributed by atoms with E-state index in [2.05, 4.69) is 38.1 Å². The van der Waals surface area contributed by atoms with Crippen LogP contribution in [0.3, 0.4) is 0 Å². The number of aliphatic hydroxyl groups excluding tert-OH is 1. The van der Waals surface area contributed by atoms with Gasteiger partial charge in [0, 0.05) is 19.0 Å². The molecule has 0 aromatic carbocycles. The van der Waals surface area contributed by atoms with E-state index in [1.165, 1.54) is 0 Å². The number of nitrogens with one attached hydrogen (secondary N) is 1. The van der Waals surface area contributed by atoms with E-state index in [4.69, 9.17) is 0 Å². The van der Waals surface area contributed by atoms with Crippen LogP contribution in [0.15, 0.2) is 10.7 Å². The molecule has 0 saturated carbocycles. The maximum Gasteiger partial charge on any atom is 0.132 e. The fourth-order valence-electron chi connectivity index (χ4n) is 1.46. The molecule has 17 heavy (non-hydrogen) atoms. The van der Waals surface area contributed by atoms with Crippen molar-refractivity contribution in [3.8, 4) is 0 Å². The molecule has 0 aliphatic rings. The third-order valence-electron chi connectivity index (χ3n) is 2.47. The molecule has 0 aliphatic heterocycles. The minimum atomic E-state index is -0.233. The third-order valence-corrected chi connectivity index (χ3v) is 2.88. The van der Waals surface area contributed by atoms with Gasteiger partial charge in [-0.3, -0.25) is 0 Å². The molecule has 0 spiro atoms. The molecule has 0 radical (unpaired) electrons. The SMILES string of the molecule is CCCc1nc(Br)cc(NCCC(O)CC)n1. The van der Waals surface area contributed by atoms with Gasteiger partial charge in [0.25, 0.3) is 0 Å². The summed E-state index contributed by atoms with van der Waals surface area (Å²) in [5.41, 5.74) is 0. The molecule has 4 nitrogen and oxygen atoms in total. The molecule has 5 heteroatoms. The summed E-state index contributed by atoms with van der Waals surface area (Å²) in [6.07, 6.45) is 3.20. The topological polar surface area (TPSA) is 58.0 Å². The molecule has 1 atom stereocenters. The Labute approximate surface area is 111 Å². The van der Waals surface area contributed by atoms with E-state index >= 15 is 0 Å². The maximum absolute atomic E-state index is 9.45. The van der Waals surface area contributed by atoms with Gasteiger partial charge in [-0.25, -0.2) is 9.97 Å². The predicted molar refractivity (Wildman–Crippen MR) is 73.1 cm³/mol. The Bertz CT molecular complexity index is 347. The van der Waals surface area contributed by atoms with Gasteiger partial charge < -0.3 is 10.4 Å². The van der Waals surface area contributed by atoms with Crippen molar-refractivity contribution in [2.24, 2.45) is 0 Å². The number of hydrogen-bond donors (Lipinski definition) is 2. The van der Waals surface area contributed by atoms with Crippen LogP contribution in [0.5, 0.6) is 0 Å². The standard InChI is InChI=1S/C12H20BrN3O/c1-3-5-11-15-10(13)8-12(16-11)14-7-6-9(17)4-2/h8-9,17H,3-7H2,1-2H3,(H,14,15,16). The normalized spacial score (nSPS) is 12.5. The lowest BCUT2D eigenvalue weighted by atomic mass is 10.2. The van der Waals surface area contributed by atoms with Crippen molar-refractivity contribution < 1.29 is 5.11 Å². The average molecular weight is 302 g/mol. The maximum atomic E-state index is 9.45. The summed E-state index contributed by atoms with van der Waals surface area (Å²) in [5.74, 6) is 1.67. The predicted octanol–water partition coefficient (Wildman–Crippen LogP) is 2.76. The van der Waals surface area contributed by atoms with Crippen LogP contribution in [0.2, 0.25) is 0 Å². The van der Waals surface area contributed by atoms with E-state index < -0.39 is 0 Å². The molecular weight excluding hydrogens is 282 g/mol. The van der Waals surface area contributed by atoms with Crippen molar-refractivity contribution in [1.29, 1.82) is 0 Å². The van der Waals surface area contributed by atoms with E-state index in [1.807, 2.05) is 13.0 Å². The van der Waals surface area contributed by atoms with Crippen LogP contribution in [0.25, 0.3) is 0 Å². The number of aromatic nitrogens is 2. The first-order chi connectivity index (χ1) is 8.15. The van der Waals surface area contributed by atoms with Gasteiger partial charge in [0.2, 0.25) is 0 Å². The Morgan fingerprint density at radius 1 is 1.41 bits per heavy atom. The second-order valence-corrected chi connectivity index (χ2v) is 4.83. The fraction of sp³-hybridized carbons (Fsp3) is 0.667. The molecule has 1 aromatic heterocycles. The van der Waals surface area contributed by atoms with Gasteiger partial charge in [-0.1, -0.05) is 13.8 Å². The van der Waals surface area contributed by atoms with Gasteiger partial charge in [-0.2, -0.15) is 0 Å². The molecule has 1 aromatic rings. The van der Waals surface area contributed by atoms with Crippen molar-refractivity contribution in [2.45, 2.75) is 45.6 Å². The van der Waals surface area contributed by atoms with Crippen LogP contribution < -0.4 is 5.32 Å². The molecule has 1 unspecified atom stereocenters. The zero-order valence-corrected chi connectivity index (χ0v) is 12.0. The van der Waals surface area contributed by atoms with Crippen molar-refractivity contribution >= 4 is 21.7 Å². The van der Waals surface area contributed by atoms with Crippen LogP contribution in [0.1, 0.15) is 38.9 Å². The number of nitrogens with zero attached hydrogens (tertiary/aromatic N) is 2. The lowest BCUT2D eigenvalue weighted by molar-refractivity contribution is 0.164. The van der Waals surface area contributed by atoms with Crippen LogP contribution >= 0.6 is 15.9 Å². The van der Waals surface area contributed by atoms with Crippen LogP contribution in [-0.2, 0) is 6.42 Å². The zero-order valence-electron chi connectivity index (χ0n) is 10.4. The number of aliphatic hydroxyl groups is 1. The Morgan fingerprint density at radius 3 is 2.82 bits per heavy atom. The summed E-state index contributed by atoms with van der Waals surface area (Å²) in [5, 5.41) is 12.7. The molecule has 0 aliphatic carbocycles. The first-order valence-electron chi connectivity index (χ1n) is 6.11. The summed E-state index contributed by atoms with van der Waals surface area (Å²) >= 11 is 3.38. The first-order valence-corrected chi connectivity index (χ1v) is 6.90. The van der Waals surface area contributed by atoms with Crippen LogP contribution in [0, 0.1) is 0 Å². The quantitative estimate of drug-likeness (QED) is 0.760. The molecule has 96 valence electrons. The highest BCUT2D eigenvalue weighted by atomic mass is 79.9. The van der Waals surface area contributed by atoms with E-state index in [-0.39, 0.29) is 6.10 Å². The van der Waals surface area contributed by atoms with Gasteiger partial charge in [0.05, 0.1) is 6.10 Å². The van der Waals surface area contributed by atoms with E-state index in [9.17, 15) is 5.11 Å². The van der Waals surface area contributed by atoms with Crippen LogP contribution in [0.4, 0.5) is 5.82 Å². The molecule has 2 N–H and O–H groups in total. The monoisotopic (exact) mass is 301 g/mol. The lowest BCUT2D eigenvalue weighted by Crippen LogP contribution is -2.13. The number of anilines is 1. The third kappa shape index (κ3) is 5.46. The molecule has 0 amide bonds. The van der Waals surface area contributed by atoms with Gasteiger partial charge in [-0.05, 0) is 35.2 Å². The molecule has 0 fully saturated rings. The van der Waals surface area contributed by atoms with Gasteiger partial charge >= 0.3 is 0 Å². The second kappa shape index (κ2) is 7.61. The highest BCUT2D eigenvalue weighted by Gasteiger charge is 2.04. The van der Waals surface area contributed by atoms with Crippen molar-refractivity contribution in [1.82, 2.24) is 9.97 Å². The van der Waals surface area contributed by atoms with E-state index in [0.29, 0.717) is 0 Å². The summed E-state index contributed by atoms with van der Waals surface area (Å²) < 4.78 is 0.800. The molecule has 0 bridgehead atoms. The molecular formula is C12H20BrN3O. The van der Waals surface area contributed by atoms with E-state index in [0.717, 1.165) is 48.5 Å². The van der Waals surface area contributed by atoms with Crippen molar-refractivity contribution in [3.05, 3.63) is 16.5 Å². The molecule has 1 heterocycles. The summed E-state index contributed by atoms with van der Waals surface area (Å²) in [7, 11) is 0. The Hall–Kier alpha value is -0.680. The Morgan fingerprint density at radius 2 is 2.18 bits per heavy atom. The van der Waals surface area contributed by atoms with Crippen molar-refractivity contribution in [3.63, 3.8) is 0 Å². The van der Waals surface area contributed by atoms with Gasteiger partial charge in [-0.15, -0.1) is 0 Å². The first kappa shape index (κ1) is 14.4. The number of rotatable bonds is 7. The fourth-order valence-corrected chi connectivity index (χ4v) is 1.88. The minimum absolute atomic E-state index is 0.233. The number of hydrogen-bond acceptors (Lipinski definition) is 4. The second-order valence-electron chi connectivity index (χ2n) is 4.02. The number of halogens is 1. The number of aryl methyl sites for hydroxylation is 1. The Balaban J connectivity index is 2.52. The summed E-state index contributed by atoms with van der Waals surface area (Å²) in [6.45, 7) is 4.81. The lowest BCUT2D eigenvalue weighted by Gasteiger charge is -2.10. The highest BCUT2D eigenvalue weighted by molar-refractivity contribution is 9.10. The van der Waals surface area contributed by atoms with Crippen molar-refractivity contribution in [2.75, 3.05) is 11.9 Å². The zero-order chi connectivity index (χ0) is 12.7. The van der Waals surface area contributed by atoms with Gasteiger partial charge in [0.1, 0.15) is 16.2 Å². The average Bonchev–Trinajstić information content (AvgIpc) is 2.28. The smallest absolute Gasteiger partial charge is 0.132 e. The van der Waals surface area contributed by atoms with Gasteiger partial charge in [0.15, 0.2) is 0 Å². The molecule has 1 rings (SSSR count). The highest BCUT2D eigenvalue weighted by Crippen LogP contribution is 2.13. The Kier molecular flexibility index (Phi) is 6.44. The van der Waals surface area contributed by atoms with Crippen LogP contribution in [-0.4, -0.2) is 27.7 Å². The largest absolute Gasteiger partial charge is 0.393 e. The summed E-state index contributed by atoms with van der Waals surface area (Å²) in [4.78, 5) is 8.71. The summed E-state index contributed by atoms with van der Waals surface area (Å²) in [6, 6.07) is 1.86.